The van der Waals surface area contributed by atoms with Crippen molar-refractivity contribution in [3.8, 4) is 0 Å². The fourth-order valence-electron chi connectivity index (χ4n) is 7.38. The van der Waals surface area contributed by atoms with Crippen LogP contribution in [0.3, 0.4) is 0 Å². The van der Waals surface area contributed by atoms with E-state index in [1.807, 2.05) is 21.1 Å². The zero-order valence-electron chi connectivity index (χ0n) is 39.7. The Morgan fingerprint density at radius 3 is 1.32 bits per heavy atom. The molecule has 0 aliphatic heterocycles. The monoisotopic (exact) mass is 855 g/mol. The van der Waals surface area contributed by atoms with Crippen molar-refractivity contribution in [3.63, 3.8) is 0 Å². The third-order valence-electron chi connectivity index (χ3n) is 11.4. The van der Waals surface area contributed by atoms with Gasteiger partial charge >= 0.3 is 0 Å². The molecule has 3 atom stereocenters. The number of phosphoric ester groups is 1. The number of aliphatic hydroxyl groups excluding tert-OH is 1. The third-order valence-corrected chi connectivity index (χ3v) is 12.4. The van der Waals surface area contributed by atoms with Crippen LogP contribution in [0.5, 0.6) is 0 Å². The summed E-state index contributed by atoms with van der Waals surface area (Å²) in [5, 5.41) is 13.9. The number of nitrogens with zero attached hydrogens (tertiary/aromatic N) is 1. The summed E-state index contributed by atoms with van der Waals surface area (Å²) in [7, 11) is 1.29. The minimum atomic E-state index is -4.57. The Balaban J connectivity index is 4.28. The molecule has 1 unspecified atom stereocenters. The molecule has 0 fully saturated rings. The van der Waals surface area contributed by atoms with Crippen LogP contribution in [0, 0.1) is 0 Å². The molecule has 0 radical (unpaired) electrons. The van der Waals surface area contributed by atoms with Crippen LogP contribution in [0.15, 0.2) is 24.3 Å². The quantitative estimate of drug-likeness (QED) is 0.0273. The number of likely N-dealkylation sites (N-methyl/N-ethyl adjacent to an activating group) is 1. The van der Waals surface area contributed by atoms with Gasteiger partial charge in [-0.3, -0.25) is 9.36 Å². The molecular formula is C50H99N2O6P. The number of hydrogen-bond acceptors (Lipinski definition) is 6. The second-order valence-electron chi connectivity index (χ2n) is 18.5. The fraction of sp³-hybridized carbons (Fsp3) is 0.900. The topological polar surface area (TPSA) is 108 Å². The van der Waals surface area contributed by atoms with E-state index in [4.69, 9.17) is 9.05 Å². The molecule has 0 aromatic rings. The van der Waals surface area contributed by atoms with Gasteiger partial charge in [0.2, 0.25) is 5.91 Å². The summed E-state index contributed by atoms with van der Waals surface area (Å²) >= 11 is 0. The zero-order valence-corrected chi connectivity index (χ0v) is 40.6. The lowest BCUT2D eigenvalue weighted by molar-refractivity contribution is -0.870. The number of nitrogens with one attached hydrogen (secondary N) is 1. The van der Waals surface area contributed by atoms with Gasteiger partial charge in [-0.15, -0.1) is 0 Å². The van der Waals surface area contributed by atoms with Gasteiger partial charge in [-0.05, 0) is 64.2 Å². The average Bonchev–Trinajstić information content (AvgIpc) is 3.19. The number of unbranched alkanes of at least 4 members (excludes halogenated alkanes) is 29. The molecule has 350 valence electrons. The molecule has 2 N–H and O–H groups in total. The number of hydrogen-bond donors (Lipinski definition) is 2. The molecule has 0 saturated carbocycles. The summed E-state index contributed by atoms with van der Waals surface area (Å²) in [5.41, 5.74) is 0. The van der Waals surface area contributed by atoms with Crippen LogP contribution < -0.4 is 10.2 Å². The Kier molecular flexibility index (Phi) is 41.6. The highest BCUT2D eigenvalue weighted by atomic mass is 31.2. The number of quaternary nitrogens is 1. The van der Waals surface area contributed by atoms with Gasteiger partial charge < -0.3 is 28.8 Å². The SMILES string of the molecule is CCCCCCCC/C=C/CCCCCCCCCCCCCC(=O)N[C@@H](COP(=O)([O-])OCC[N+](C)(C)C)[C@H](O)CCCC/C=C/CCCCCCCCCCCC. The minimum Gasteiger partial charge on any atom is -0.756 e. The van der Waals surface area contributed by atoms with Crippen molar-refractivity contribution in [3.05, 3.63) is 24.3 Å². The lowest BCUT2D eigenvalue weighted by Gasteiger charge is -2.30. The molecule has 0 aliphatic rings. The van der Waals surface area contributed by atoms with Crippen LogP contribution in [-0.4, -0.2) is 68.5 Å². The van der Waals surface area contributed by atoms with E-state index in [2.05, 4.69) is 43.5 Å². The molecule has 0 aromatic heterocycles. The standard InChI is InChI=1S/C50H99N2O6P/c1-6-8-10-12-14-16-18-20-22-24-25-26-27-28-30-32-34-36-38-40-42-44-50(54)51-48(47-58-59(55,56)57-46-45-52(3,4)5)49(53)43-41-39-37-35-33-31-29-23-21-19-17-15-13-11-9-7-2/h20,22,33,35,48-49,53H,6-19,21,23-32,34,36-47H2,1-5H3,(H-,51,54,55,56)/b22-20+,35-33+/t48-,49+/m0/s1. The Morgan fingerprint density at radius 2 is 0.932 bits per heavy atom. The van der Waals surface area contributed by atoms with Gasteiger partial charge in [0.05, 0.1) is 39.9 Å². The number of carbonyl (C=O) groups is 1. The Labute approximate surface area is 366 Å². The second kappa shape index (κ2) is 42.3. The van der Waals surface area contributed by atoms with Crippen molar-refractivity contribution < 1.29 is 32.9 Å². The van der Waals surface area contributed by atoms with E-state index in [1.165, 1.54) is 167 Å². The van der Waals surface area contributed by atoms with Crippen molar-refractivity contribution in [1.29, 1.82) is 0 Å². The van der Waals surface area contributed by atoms with E-state index in [0.29, 0.717) is 23.9 Å². The molecule has 0 aromatic carbocycles. The molecule has 9 heteroatoms. The van der Waals surface area contributed by atoms with Gasteiger partial charge in [0.25, 0.3) is 7.82 Å². The van der Waals surface area contributed by atoms with Crippen LogP contribution in [0.1, 0.15) is 239 Å². The number of rotatable bonds is 46. The van der Waals surface area contributed by atoms with E-state index in [9.17, 15) is 19.4 Å². The highest BCUT2D eigenvalue weighted by Gasteiger charge is 2.24. The lowest BCUT2D eigenvalue weighted by Crippen LogP contribution is -2.46. The molecule has 1 amide bonds. The van der Waals surface area contributed by atoms with Gasteiger partial charge in [0.1, 0.15) is 13.2 Å². The maximum Gasteiger partial charge on any atom is 0.268 e. The summed E-state index contributed by atoms with van der Waals surface area (Å²) in [6, 6.07) is -0.815. The highest BCUT2D eigenvalue weighted by Crippen LogP contribution is 2.38. The highest BCUT2D eigenvalue weighted by molar-refractivity contribution is 7.45. The van der Waals surface area contributed by atoms with Crippen molar-refractivity contribution in [2.75, 3.05) is 40.9 Å². The smallest absolute Gasteiger partial charge is 0.268 e. The van der Waals surface area contributed by atoms with Crippen molar-refractivity contribution in [2.24, 2.45) is 0 Å². The van der Waals surface area contributed by atoms with Crippen LogP contribution in [0.2, 0.25) is 0 Å². The van der Waals surface area contributed by atoms with Crippen LogP contribution in [0.4, 0.5) is 0 Å². The normalized spacial score (nSPS) is 14.4. The first-order valence-corrected chi connectivity index (χ1v) is 26.6. The van der Waals surface area contributed by atoms with Gasteiger partial charge in [-0.1, -0.05) is 192 Å². The molecule has 59 heavy (non-hydrogen) atoms. The number of amides is 1. The third kappa shape index (κ3) is 44.8. The fourth-order valence-corrected chi connectivity index (χ4v) is 8.11. The predicted molar refractivity (Wildman–Crippen MR) is 252 cm³/mol. The number of aliphatic hydroxyl groups is 1. The van der Waals surface area contributed by atoms with E-state index in [-0.39, 0.29) is 19.1 Å². The van der Waals surface area contributed by atoms with Crippen LogP contribution >= 0.6 is 7.82 Å². The Morgan fingerprint density at radius 1 is 0.576 bits per heavy atom. The summed E-state index contributed by atoms with van der Waals surface area (Å²) in [6.07, 6.45) is 50.5. The first kappa shape index (κ1) is 58.0. The minimum absolute atomic E-state index is 0.00799. The molecule has 0 spiro atoms. The molecule has 0 heterocycles. The first-order valence-electron chi connectivity index (χ1n) is 25.2. The van der Waals surface area contributed by atoms with Gasteiger partial charge in [-0.25, -0.2) is 0 Å². The summed E-state index contributed by atoms with van der Waals surface area (Å²) in [5.74, 6) is -0.174. The average molecular weight is 855 g/mol. The summed E-state index contributed by atoms with van der Waals surface area (Å²) < 4.78 is 23.3. The van der Waals surface area contributed by atoms with Crippen molar-refractivity contribution in [2.45, 2.75) is 251 Å². The Bertz CT molecular complexity index is 1020. The van der Waals surface area contributed by atoms with Gasteiger partial charge in [-0.2, -0.15) is 0 Å². The second-order valence-corrected chi connectivity index (χ2v) is 19.9. The maximum absolute atomic E-state index is 12.9. The lowest BCUT2D eigenvalue weighted by atomic mass is 10.0. The van der Waals surface area contributed by atoms with Crippen molar-refractivity contribution >= 4 is 13.7 Å². The molecule has 0 bridgehead atoms. The van der Waals surface area contributed by atoms with E-state index >= 15 is 0 Å². The van der Waals surface area contributed by atoms with Crippen LogP contribution in [0.25, 0.3) is 0 Å². The molecule has 8 nitrogen and oxygen atoms in total. The predicted octanol–water partition coefficient (Wildman–Crippen LogP) is 13.8. The summed E-state index contributed by atoms with van der Waals surface area (Å²) in [4.78, 5) is 25.4. The number of allylic oxidation sites excluding steroid dienone is 4. The Hall–Kier alpha value is -1.02. The number of carbonyl (C=O) groups excluding carboxylic acids is 1. The van der Waals surface area contributed by atoms with E-state index in [0.717, 1.165) is 44.9 Å². The van der Waals surface area contributed by atoms with Crippen LogP contribution in [-0.2, 0) is 18.4 Å². The van der Waals surface area contributed by atoms with E-state index < -0.39 is 20.0 Å². The van der Waals surface area contributed by atoms with Gasteiger partial charge in [0.15, 0.2) is 0 Å². The molecule has 0 rings (SSSR count). The molecule has 0 saturated heterocycles. The van der Waals surface area contributed by atoms with E-state index in [1.54, 1.807) is 0 Å². The van der Waals surface area contributed by atoms with Crippen molar-refractivity contribution in [1.82, 2.24) is 5.32 Å². The molecule has 0 aliphatic carbocycles. The maximum atomic E-state index is 12.9. The number of phosphoric acid groups is 1. The first-order chi connectivity index (χ1) is 28.5. The largest absolute Gasteiger partial charge is 0.756 e. The van der Waals surface area contributed by atoms with Gasteiger partial charge in [0, 0.05) is 6.42 Å². The summed E-state index contributed by atoms with van der Waals surface area (Å²) in [6.45, 7) is 4.71. The molecular weight excluding hydrogens is 756 g/mol. The zero-order chi connectivity index (χ0) is 43.6.